The van der Waals surface area contributed by atoms with Crippen LogP contribution < -0.4 is 4.90 Å². The maximum atomic E-state index is 12.7. The molecule has 2 aliphatic rings. The maximum absolute atomic E-state index is 12.7. The average molecular weight is 366 g/mol. The van der Waals surface area contributed by atoms with Crippen molar-refractivity contribution in [1.29, 1.82) is 0 Å². The van der Waals surface area contributed by atoms with Gasteiger partial charge in [-0.05, 0) is 30.4 Å². The van der Waals surface area contributed by atoms with Gasteiger partial charge in [0.05, 0.1) is 5.69 Å². The number of nitrogens with zero attached hydrogens (tertiary/aromatic N) is 4. The van der Waals surface area contributed by atoms with Gasteiger partial charge in [0.15, 0.2) is 5.65 Å². The molecule has 4 rings (SSSR count). The molecule has 2 aromatic heterocycles. The molecule has 1 saturated carbocycles. The van der Waals surface area contributed by atoms with Gasteiger partial charge < -0.3 is 4.40 Å². The van der Waals surface area contributed by atoms with E-state index in [9.17, 15) is 27.6 Å². The number of Topliss-reactive ketones (excluding diaryl/α,β-unsaturated/α-hetero) is 1. The van der Waals surface area contributed by atoms with E-state index in [0.29, 0.717) is 0 Å². The molecule has 0 N–H and O–H groups in total. The predicted molar refractivity (Wildman–Crippen MR) is 83.1 cm³/mol. The molecule has 7 nitrogen and oxygen atoms in total. The van der Waals surface area contributed by atoms with Crippen molar-refractivity contribution >= 4 is 29.1 Å². The Hall–Kier alpha value is -2.91. The van der Waals surface area contributed by atoms with Gasteiger partial charge in [-0.25, -0.2) is 9.78 Å². The summed E-state index contributed by atoms with van der Waals surface area (Å²) in [5, 5.41) is 0. The van der Waals surface area contributed by atoms with Crippen LogP contribution in [0.2, 0.25) is 0 Å². The molecule has 3 heterocycles. The van der Waals surface area contributed by atoms with E-state index in [1.165, 1.54) is 16.3 Å². The number of rotatable bonds is 3. The molecule has 26 heavy (non-hydrogen) atoms. The first-order valence-corrected chi connectivity index (χ1v) is 7.89. The zero-order valence-electron chi connectivity index (χ0n) is 13.6. The van der Waals surface area contributed by atoms with Gasteiger partial charge in [0, 0.05) is 19.4 Å². The molecule has 3 amide bonds. The van der Waals surface area contributed by atoms with Crippen LogP contribution in [0.25, 0.3) is 5.65 Å². The van der Waals surface area contributed by atoms with Crippen molar-refractivity contribution in [3.63, 3.8) is 0 Å². The lowest BCUT2D eigenvalue weighted by Gasteiger charge is -2.17. The smallest absolute Gasteiger partial charge is 0.304 e. The Morgan fingerprint density at radius 1 is 1.23 bits per heavy atom. The minimum atomic E-state index is -5.04. The summed E-state index contributed by atoms with van der Waals surface area (Å²) in [5.41, 5.74) is 0.320. The summed E-state index contributed by atoms with van der Waals surface area (Å²) >= 11 is 0. The van der Waals surface area contributed by atoms with E-state index in [4.69, 9.17) is 0 Å². The van der Waals surface area contributed by atoms with E-state index in [1.54, 1.807) is 12.3 Å². The number of fused-ring (bicyclic) bond motifs is 1. The molecule has 1 aliphatic carbocycles. The summed E-state index contributed by atoms with van der Waals surface area (Å²) in [7, 11) is 1.33. The summed E-state index contributed by atoms with van der Waals surface area (Å²) in [6, 6.07) is 1.07. The first-order valence-electron chi connectivity index (χ1n) is 7.89. The minimum absolute atomic E-state index is 0.0263. The number of hydrogen-bond donors (Lipinski definition) is 0. The van der Waals surface area contributed by atoms with Crippen LogP contribution in [-0.2, 0) is 4.79 Å². The van der Waals surface area contributed by atoms with E-state index in [0.717, 1.165) is 29.5 Å². The second kappa shape index (κ2) is 5.29. The number of carbonyl (C=O) groups is 3. The maximum Gasteiger partial charge on any atom is 0.456 e. The fourth-order valence-corrected chi connectivity index (χ4v) is 2.98. The quantitative estimate of drug-likeness (QED) is 0.617. The number of hydrogen-bond acceptors (Lipinski definition) is 4. The zero-order valence-corrected chi connectivity index (χ0v) is 13.6. The van der Waals surface area contributed by atoms with Crippen molar-refractivity contribution in [2.75, 3.05) is 18.5 Å². The number of imidazole rings is 1. The molecular weight excluding hydrogens is 353 g/mol. The van der Waals surface area contributed by atoms with Gasteiger partial charge in [-0.2, -0.15) is 13.2 Å². The van der Waals surface area contributed by atoms with Crippen LogP contribution in [0.5, 0.6) is 0 Å². The number of pyridine rings is 1. The second-order valence-electron chi connectivity index (χ2n) is 6.44. The van der Waals surface area contributed by atoms with Crippen LogP contribution in [-0.4, -0.2) is 51.8 Å². The van der Waals surface area contributed by atoms with Crippen molar-refractivity contribution in [2.45, 2.75) is 24.9 Å². The average Bonchev–Trinajstić information content (AvgIpc) is 3.29. The van der Waals surface area contributed by atoms with Crippen LogP contribution in [0, 0.1) is 0 Å². The lowest BCUT2D eigenvalue weighted by molar-refractivity contribution is -0.123. The topological polar surface area (TPSA) is 75.0 Å². The van der Waals surface area contributed by atoms with Crippen LogP contribution in [0.3, 0.4) is 0 Å². The van der Waals surface area contributed by atoms with Crippen molar-refractivity contribution in [2.24, 2.45) is 0 Å². The number of halogens is 3. The van der Waals surface area contributed by atoms with Crippen LogP contribution in [0.4, 0.5) is 23.7 Å². The van der Waals surface area contributed by atoms with Crippen LogP contribution in [0.1, 0.15) is 34.8 Å². The third-order valence-corrected chi connectivity index (χ3v) is 4.57. The Kier molecular flexibility index (Phi) is 3.37. The molecular formula is C16H13F3N4O3. The number of amides is 3. The number of aromatic nitrogens is 2. The highest BCUT2D eigenvalue weighted by Gasteiger charge is 2.42. The van der Waals surface area contributed by atoms with E-state index in [1.807, 2.05) is 0 Å². The van der Waals surface area contributed by atoms with Gasteiger partial charge in [-0.3, -0.25) is 19.4 Å². The van der Waals surface area contributed by atoms with Gasteiger partial charge in [-0.15, -0.1) is 0 Å². The highest BCUT2D eigenvalue weighted by atomic mass is 19.4. The molecule has 0 aromatic carbocycles. The van der Waals surface area contributed by atoms with Gasteiger partial charge in [0.1, 0.15) is 12.2 Å². The summed E-state index contributed by atoms with van der Waals surface area (Å²) < 4.78 is 39.5. The molecule has 1 saturated heterocycles. The predicted octanol–water partition coefficient (Wildman–Crippen LogP) is 2.36. The lowest BCUT2D eigenvalue weighted by Crippen LogP contribution is -2.30. The summed E-state index contributed by atoms with van der Waals surface area (Å²) in [4.78, 5) is 41.5. The van der Waals surface area contributed by atoms with Gasteiger partial charge in [0.25, 0.3) is 5.78 Å². The van der Waals surface area contributed by atoms with Crippen molar-refractivity contribution < 1.29 is 27.6 Å². The first-order chi connectivity index (χ1) is 12.2. The Bertz CT molecular complexity index is 962. The summed E-state index contributed by atoms with van der Waals surface area (Å²) in [6.45, 7) is -0.228. The number of imide groups is 1. The van der Waals surface area contributed by atoms with Crippen LogP contribution in [0.15, 0.2) is 18.5 Å². The molecule has 2 aromatic rings. The van der Waals surface area contributed by atoms with Crippen LogP contribution >= 0.6 is 0 Å². The number of urea groups is 1. The second-order valence-corrected chi connectivity index (χ2v) is 6.44. The van der Waals surface area contributed by atoms with E-state index in [-0.39, 0.29) is 23.8 Å². The number of anilines is 1. The highest BCUT2D eigenvalue weighted by molar-refractivity contribution is 6.13. The van der Waals surface area contributed by atoms with E-state index < -0.39 is 29.6 Å². The van der Waals surface area contributed by atoms with Crippen molar-refractivity contribution in [1.82, 2.24) is 14.3 Å². The standard InChI is InChI=1S/C16H13F3N4O3/c1-21-12(24)7-23(15(21)26)11-4-9(8-2-3-8)5-22-6-10(20-14(11)22)13(25)16(17,18)19/h4-6,8H,2-3,7H2,1H3. The molecule has 0 atom stereocenters. The molecule has 0 bridgehead atoms. The molecule has 10 heteroatoms. The molecule has 136 valence electrons. The van der Waals surface area contributed by atoms with Crippen molar-refractivity contribution in [3.05, 3.63) is 29.7 Å². The third-order valence-electron chi connectivity index (χ3n) is 4.57. The molecule has 2 fully saturated rings. The van der Waals surface area contributed by atoms with Gasteiger partial charge in [0.2, 0.25) is 5.91 Å². The largest absolute Gasteiger partial charge is 0.456 e. The van der Waals surface area contributed by atoms with Crippen molar-refractivity contribution in [3.8, 4) is 0 Å². The Morgan fingerprint density at radius 3 is 2.46 bits per heavy atom. The van der Waals surface area contributed by atoms with E-state index in [2.05, 4.69) is 4.98 Å². The lowest BCUT2D eigenvalue weighted by atomic mass is 10.1. The van der Waals surface area contributed by atoms with E-state index >= 15 is 0 Å². The molecule has 1 aliphatic heterocycles. The summed E-state index contributed by atoms with van der Waals surface area (Å²) in [5.74, 6) is -2.24. The normalized spacial score (nSPS) is 18.3. The first kappa shape index (κ1) is 16.6. The Morgan fingerprint density at radius 2 is 1.92 bits per heavy atom. The van der Waals surface area contributed by atoms with Gasteiger partial charge in [-0.1, -0.05) is 0 Å². The Balaban J connectivity index is 1.88. The van der Waals surface area contributed by atoms with Gasteiger partial charge >= 0.3 is 12.2 Å². The molecule has 0 spiro atoms. The Labute approximate surface area is 145 Å². The number of alkyl halides is 3. The highest BCUT2D eigenvalue weighted by Crippen LogP contribution is 2.42. The minimum Gasteiger partial charge on any atom is -0.304 e. The fourth-order valence-electron chi connectivity index (χ4n) is 2.98. The number of likely N-dealkylation sites (N-methyl/N-ethyl adjacent to an activating group) is 1. The fraction of sp³-hybridized carbons (Fsp3) is 0.375. The SMILES string of the molecule is CN1C(=O)CN(c2cc(C3CC3)cn3cc(C(=O)C(F)(F)F)nc23)C1=O. The zero-order chi connectivity index (χ0) is 18.8. The number of carbonyl (C=O) groups excluding carboxylic acids is 3. The molecule has 0 unspecified atom stereocenters. The number of ketones is 1. The molecule has 0 radical (unpaired) electrons. The third kappa shape index (κ3) is 2.52. The summed E-state index contributed by atoms with van der Waals surface area (Å²) in [6.07, 6.45) is -0.562. The monoisotopic (exact) mass is 366 g/mol.